The van der Waals surface area contributed by atoms with Crippen LogP contribution in [-0.2, 0) is 9.53 Å². The molecule has 1 aliphatic rings. The number of benzene rings is 1. The standard InChI is InChI=1S/C20H25N3O3/c1-12(2)26-20(25)22-18-10-13(3)23(14(4)24)19-8-7-15(11-16(18)19)17-6-5-9-21-17/h5-9,11-13,18,21H,10H2,1-4H3,(H,22,25). The fourth-order valence-corrected chi connectivity index (χ4v) is 3.55. The van der Waals surface area contributed by atoms with Gasteiger partial charge in [-0.25, -0.2) is 4.79 Å². The van der Waals surface area contributed by atoms with Crippen LogP contribution in [0.2, 0.25) is 0 Å². The third-order valence-electron chi connectivity index (χ3n) is 4.56. The van der Waals surface area contributed by atoms with Crippen molar-refractivity contribution >= 4 is 17.7 Å². The van der Waals surface area contributed by atoms with Gasteiger partial charge in [-0.1, -0.05) is 6.07 Å². The summed E-state index contributed by atoms with van der Waals surface area (Å²) in [7, 11) is 0. The van der Waals surface area contributed by atoms with E-state index in [2.05, 4.69) is 10.3 Å². The number of anilines is 1. The molecule has 0 aliphatic carbocycles. The first-order valence-electron chi connectivity index (χ1n) is 8.91. The molecule has 6 heteroatoms. The lowest BCUT2D eigenvalue weighted by molar-refractivity contribution is -0.117. The molecule has 2 aromatic rings. The number of carbonyl (C=O) groups excluding carboxylic acids is 2. The topological polar surface area (TPSA) is 74.4 Å². The van der Waals surface area contributed by atoms with Crippen molar-refractivity contribution in [3.8, 4) is 11.3 Å². The second-order valence-corrected chi connectivity index (χ2v) is 6.98. The highest BCUT2D eigenvalue weighted by Gasteiger charge is 2.33. The molecule has 2 heterocycles. The van der Waals surface area contributed by atoms with E-state index in [9.17, 15) is 9.59 Å². The number of hydrogen-bond donors (Lipinski definition) is 2. The van der Waals surface area contributed by atoms with Crippen LogP contribution in [0.4, 0.5) is 10.5 Å². The fraction of sp³-hybridized carbons (Fsp3) is 0.400. The van der Waals surface area contributed by atoms with Crippen molar-refractivity contribution < 1.29 is 14.3 Å². The maximum atomic E-state index is 12.2. The van der Waals surface area contributed by atoms with Crippen LogP contribution in [0.3, 0.4) is 0 Å². The lowest BCUT2D eigenvalue weighted by Crippen LogP contribution is -2.45. The summed E-state index contributed by atoms with van der Waals surface area (Å²) in [6.07, 6.45) is 1.88. The summed E-state index contributed by atoms with van der Waals surface area (Å²) in [6.45, 7) is 7.20. The van der Waals surface area contributed by atoms with Crippen LogP contribution in [0.25, 0.3) is 11.3 Å². The molecule has 3 rings (SSSR count). The predicted molar refractivity (Wildman–Crippen MR) is 101 cm³/mol. The molecule has 138 valence electrons. The van der Waals surface area contributed by atoms with Crippen LogP contribution in [0.15, 0.2) is 36.5 Å². The maximum absolute atomic E-state index is 12.2. The Labute approximate surface area is 153 Å². The number of rotatable bonds is 3. The van der Waals surface area contributed by atoms with Crippen LogP contribution in [-0.4, -0.2) is 29.1 Å². The van der Waals surface area contributed by atoms with Gasteiger partial charge in [0.2, 0.25) is 5.91 Å². The summed E-state index contributed by atoms with van der Waals surface area (Å²) in [5.74, 6) is -0.00502. The third-order valence-corrected chi connectivity index (χ3v) is 4.56. The molecule has 0 bridgehead atoms. The van der Waals surface area contributed by atoms with Gasteiger partial charge in [0.25, 0.3) is 0 Å². The largest absolute Gasteiger partial charge is 0.447 e. The molecule has 0 saturated carbocycles. The molecular formula is C20H25N3O3. The molecule has 0 spiro atoms. The molecule has 2 atom stereocenters. The lowest BCUT2D eigenvalue weighted by atomic mass is 9.90. The molecule has 1 aromatic heterocycles. The van der Waals surface area contributed by atoms with Gasteiger partial charge in [0, 0.05) is 30.5 Å². The fourth-order valence-electron chi connectivity index (χ4n) is 3.55. The third kappa shape index (κ3) is 3.59. The van der Waals surface area contributed by atoms with Crippen molar-refractivity contribution in [1.29, 1.82) is 0 Å². The summed E-state index contributed by atoms with van der Waals surface area (Å²) in [5.41, 5.74) is 3.76. The smallest absolute Gasteiger partial charge is 0.407 e. The van der Waals surface area contributed by atoms with Gasteiger partial charge in [0.15, 0.2) is 0 Å². The maximum Gasteiger partial charge on any atom is 0.407 e. The first kappa shape index (κ1) is 18.0. The Morgan fingerprint density at radius 1 is 1.31 bits per heavy atom. The van der Waals surface area contributed by atoms with Gasteiger partial charge in [-0.05, 0) is 62.6 Å². The Morgan fingerprint density at radius 2 is 2.08 bits per heavy atom. The molecule has 0 fully saturated rings. The number of carbonyl (C=O) groups is 2. The Hall–Kier alpha value is -2.76. The SMILES string of the molecule is CC(=O)N1c2ccc(-c3ccc[nH]3)cc2C(NC(=O)OC(C)C)CC1C. The summed E-state index contributed by atoms with van der Waals surface area (Å²) >= 11 is 0. The minimum atomic E-state index is -0.440. The predicted octanol–water partition coefficient (Wildman–Crippen LogP) is 4.00. The number of H-pyrrole nitrogens is 1. The Morgan fingerprint density at radius 3 is 2.69 bits per heavy atom. The first-order chi connectivity index (χ1) is 12.4. The molecular weight excluding hydrogens is 330 g/mol. The number of aromatic amines is 1. The second kappa shape index (κ2) is 7.23. The molecule has 1 aliphatic heterocycles. The zero-order valence-corrected chi connectivity index (χ0v) is 15.6. The molecule has 2 unspecified atom stereocenters. The van der Waals surface area contributed by atoms with E-state index in [4.69, 9.17) is 4.74 Å². The molecule has 1 aromatic carbocycles. The monoisotopic (exact) mass is 355 g/mol. The van der Waals surface area contributed by atoms with E-state index >= 15 is 0 Å². The Balaban J connectivity index is 2.00. The van der Waals surface area contributed by atoms with E-state index in [0.29, 0.717) is 6.42 Å². The number of fused-ring (bicyclic) bond motifs is 1. The van der Waals surface area contributed by atoms with Crippen molar-refractivity contribution in [3.63, 3.8) is 0 Å². The van der Waals surface area contributed by atoms with E-state index < -0.39 is 6.09 Å². The number of aromatic nitrogens is 1. The van der Waals surface area contributed by atoms with Crippen LogP contribution in [0.1, 0.15) is 45.7 Å². The molecule has 6 nitrogen and oxygen atoms in total. The van der Waals surface area contributed by atoms with Gasteiger partial charge in [0.1, 0.15) is 0 Å². The van der Waals surface area contributed by atoms with Crippen molar-refractivity contribution in [1.82, 2.24) is 10.3 Å². The Bertz CT molecular complexity index is 799. The number of nitrogens with zero attached hydrogens (tertiary/aromatic N) is 1. The van der Waals surface area contributed by atoms with E-state index in [0.717, 1.165) is 22.5 Å². The molecule has 26 heavy (non-hydrogen) atoms. The zero-order valence-electron chi connectivity index (χ0n) is 15.6. The van der Waals surface area contributed by atoms with Crippen molar-refractivity contribution in [2.45, 2.75) is 52.3 Å². The molecule has 0 radical (unpaired) electrons. The van der Waals surface area contributed by atoms with Crippen LogP contribution in [0.5, 0.6) is 0 Å². The normalized spacial score (nSPS) is 19.2. The number of alkyl carbamates (subject to hydrolysis) is 1. The van der Waals surface area contributed by atoms with Gasteiger partial charge in [0.05, 0.1) is 12.1 Å². The average molecular weight is 355 g/mol. The van der Waals surface area contributed by atoms with Crippen molar-refractivity contribution in [2.24, 2.45) is 0 Å². The van der Waals surface area contributed by atoms with Gasteiger partial charge in [-0.2, -0.15) is 0 Å². The van der Waals surface area contributed by atoms with Crippen LogP contribution < -0.4 is 10.2 Å². The van der Waals surface area contributed by atoms with Gasteiger partial charge in [-0.3, -0.25) is 4.79 Å². The lowest BCUT2D eigenvalue weighted by Gasteiger charge is -2.39. The highest BCUT2D eigenvalue weighted by molar-refractivity contribution is 5.94. The number of ether oxygens (including phenoxy) is 1. The summed E-state index contributed by atoms with van der Waals surface area (Å²) in [5, 5.41) is 2.96. The molecule has 2 amide bonds. The van der Waals surface area contributed by atoms with Crippen molar-refractivity contribution in [3.05, 3.63) is 42.1 Å². The van der Waals surface area contributed by atoms with E-state index in [1.54, 1.807) is 11.8 Å². The average Bonchev–Trinajstić information content (AvgIpc) is 3.07. The van der Waals surface area contributed by atoms with Crippen LogP contribution >= 0.6 is 0 Å². The summed E-state index contributed by atoms with van der Waals surface area (Å²) < 4.78 is 5.24. The zero-order chi connectivity index (χ0) is 18.8. The van der Waals surface area contributed by atoms with Gasteiger partial charge < -0.3 is 19.9 Å². The molecule has 2 N–H and O–H groups in total. The number of hydrogen-bond acceptors (Lipinski definition) is 3. The quantitative estimate of drug-likeness (QED) is 0.874. The van der Waals surface area contributed by atoms with Gasteiger partial charge in [-0.15, -0.1) is 0 Å². The minimum absolute atomic E-state index is 0.00502. The number of amides is 2. The highest BCUT2D eigenvalue weighted by Crippen LogP contribution is 2.39. The van der Waals surface area contributed by atoms with E-state index in [1.807, 2.05) is 57.3 Å². The number of nitrogens with one attached hydrogen (secondary N) is 2. The van der Waals surface area contributed by atoms with E-state index in [1.165, 1.54) is 0 Å². The molecule has 0 saturated heterocycles. The van der Waals surface area contributed by atoms with Gasteiger partial charge >= 0.3 is 6.09 Å². The summed E-state index contributed by atoms with van der Waals surface area (Å²) in [6, 6.07) is 9.67. The van der Waals surface area contributed by atoms with Crippen LogP contribution in [0, 0.1) is 0 Å². The second-order valence-electron chi connectivity index (χ2n) is 6.98. The van der Waals surface area contributed by atoms with E-state index in [-0.39, 0.29) is 24.1 Å². The van der Waals surface area contributed by atoms with Crippen molar-refractivity contribution in [2.75, 3.05) is 4.90 Å². The Kier molecular flexibility index (Phi) is 5.02. The first-order valence-corrected chi connectivity index (χ1v) is 8.91. The summed E-state index contributed by atoms with van der Waals surface area (Å²) in [4.78, 5) is 29.3. The highest BCUT2D eigenvalue weighted by atomic mass is 16.6. The minimum Gasteiger partial charge on any atom is -0.447 e.